The van der Waals surface area contributed by atoms with Gasteiger partial charge in [0, 0.05) is 29.0 Å². The number of fused-ring (bicyclic) bond motifs is 2. The first-order chi connectivity index (χ1) is 15.0. The van der Waals surface area contributed by atoms with Crippen LogP contribution in [0, 0.1) is 0 Å². The van der Waals surface area contributed by atoms with Crippen LogP contribution in [0.25, 0.3) is 11.0 Å². The Hall–Kier alpha value is -3.03. The predicted molar refractivity (Wildman–Crippen MR) is 121 cm³/mol. The fraction of sp³-hybridized carbons (Fsp3) is 0.304. The molecule has 1 aromatic carbocycles. The summed E-state index contributed by atoms with van der Waals surface area (Å²) in [7, 11) is 1.71. The summed E-state index contributed by atoms with van der Waals surface area (Å²) in [6.45, 7) is 2.02. The van der Waals surface area contributed by atoms with Gasteiger partial charge in [-0.05, 0) is 50.6 Å². The topological polar surface area (TPSA) is 87.2 Å². The minimum atomic E-state index is -0.624. The average Bonchev–Trinajstić information content (AvgIpc) is 2.92. The van der Waals surface area contributed by atoms with E-state index in [1.807, 2.05) is 36.4 Å². The van der Waals surface area contributed by atoms with Crippen molar-refractivity contribution in [2.75, 3.05) is 11.9 Å². The summed E-state index contributed by atoms with van der Waals surface area (Å²) < 4.78 is 0. The Bertz CT molecular complexity index is 1140. The number of amides is 2. The van der Waals surface area contributed by atoms with Crippen molar-refractivity contribution in [1.29, 1.82) is 0 Å². The van der Waals surface area contributed by atoms with Gasteiger partial charge < -0.3 is 15.5 Å². The lowest BCUT2D eigenvalue weighted by atomic mass is 10.1. The number of aryl methyl sites for hydroxylation is 1. The van der Waals surface area contributed by atoms with Gasteiger partial charge in [0.15, 0.2) is 5.65 Å². The highest BCUT2D eigenvalue weighted by Gasteiger charge is 2.32. The summed E-state index contributed by atoms with van der Waals surface area (Å²) in [5.74, 6) is -0.366. The normalized spacial score (nSPS) is 17.2. The van der Waals surface area contributed by atoms with Gasteiger partial charge in [0.05, 0.1) is 17.6 Å². The van der Waals surface area contributed by atoms with Crippen molar-refractivity contribution < 1.29 is 9.59 Å². The van der Waals surface area contributed by atoms with E-state index in [2.05, 4.69) is 20.6 Å². The van der Waals surface area contributed by atoms with Gasteiger partial charge in [-0.25, -0.2) is 9.97 Å². The standard InChI is InChI=1S/C23H24ClN5O2/c1-14(25-2)22(30)28-19-10-9-15-6-3-4-8-20(15)29(23(19)31)13-17-16-7-5-11-26-21(16)27-12-18(17)24/h3-8,11-12,14,19,25H,9-10,13H2,1-2H3,(H,28,30). The van der Waals surface area contributed by atoms with Gasteiger partial charge in [-0.3, -0.25) is 9.59 Å². The third kappa shape index (κ3) is 4.24. The van der Waals surface area contributed by atoms with Crippen LogP contribution < -0.4 is 15.5 Å². The van der Waals surface area contributed by atoms with Crippen LogP contribution in [0.3, 0.4) is 0 Å². The summed E-state index contributed by atoms with van der Waals surface area (Å²) in [6.07, 6.45) is 4.45. The third-order valence-electron chi connectivity index (χ3n) is 5.71. The molecule has 7 nitrogen and oxygen atoms in total. The van der Waals surface area contributed by atoms with E-state index in [0.717, 1.165) is 22.2 Å². The van der Waals surface area contributed by atoms with Crippen molar-refractivity contribution in [3.63, 3.8) is 0 Å². The molecular weight excluding hydrogens is 414 g/mol. The summed E-state index contributed by atoms with van der Waals surface area (Å²) in [4.78, 5) is 36.4. The highest BCUT2D eigenvalue weighted by atomic mass is 35.5. The Kier molecular flexibility index (Phi) is 6.15. The van der Waals surface area contributed by atoms with Gasteiger partial charge in [0.2, 0.25) is 11.8 Å². The second-order valence-electron chi connectivity index (χ2n) is 7.62. The van der Waals surface area contributed by atoms with Crippen LogP contribution in [0.2, 0.25) is 5.02 Å². The largest absolute Gasteiger partial charge is 0.343 e. The van der Waals surface area contributed by atoms with Crippen molar-refractivity contribution in [2.24, 2.45) is 0 Å². The summed E-state index contributed by atoms with van der Waals surface area (Å²) >= 11 is 6.51. The monoisotopic (exact) mass is 437 g/mol. The van der Waals surface area contributed by atoms with Crippen molar-refractivity contribution in [2.45, 2.75) is 38.4 Å². The Morgan fingerprint density at radius 2 is 2.06 bits per heavy atom. The van der Waals surface area contributed by atoms with Crippen molar-refractivity contribution in [3.05, 3.63) is 64.9 Å². The number of benzene rings is 1. The van der Waals surface area contributed by atoms with Crippen molar-refractivity contribution in [3.8, 4) is 0 Å². The van der Waals surface area contributed by atoms with E-state index in [-0.39, 0.29) is 18.4 Å². The first kappa shape index (κ1) is 21.2. The number of carbonyl (C=O) groups is 2. The van der Waals surface area contributed by atoms with Crippen LogP contribution in [-0.4, -0.2) is 40.9 Å². The molecule has 0 saturated carbocycles. The molecule has 2 amide bonds. The Morgan fingerprint density at radius 1 is 1.26 bits per heavy atom. The molecule has 0 saturated heterocycles. The maximum atomic E-state index is 13.6. The quantitative estimate of drug-likeness (QED) is 0.641. The first-order valence-corrected chi connectivity index (χ1v) is 10.6. The Morgan fingerprint density at radius 3 is 2.87 bits per heavy atom. The molecule has 160 valence electrons. The maximum Gasteiger partial charge on any atom is 0.249 e. The summed E-state index contributed by atoms with van der Waals surface area (Å²) in [5.41, 5.74) is 3.24. The number of rotatable bonds is 5. The van der Waals surface area contributed by atoms with Gasteiger partial charge in [0.1, 0.15) is 6.04 Å². The predicted octanol–water partition coefficient (Wildman–Crippen LogP) is 2.86. The summed E-state index contributed by atoms with van der Waals surface area (Å²) in [6, 6.07) is 10.5. The number of aromatic nitrogens is 2. The third-order valence-corrected chi connectivity index (χ3v) is 6.03. The van der Waals surface area contributed by atoms with Crippen LogP contribution in [0.5, 0.6) is 0 Å². The lowest BCUT2D eigenvalue weighted by Crippen LogP contribution is -2.52. The van der Waals surface area contributed by atoms with Crippen LogP contribution in [0.4, 0.5) is 5.69 Å². The summed E-state index contributed by atoms with van der Waals surface area (Å²) in [5, 5.41) is 7.10. The lowest BCUT2D eigenvalue weighted by molar-refractivity contribution is -0.128. The van der Waals surface area contributed by atoms with E-state index in [1.54, 1.807) is 31.3 Å². The number of pyridine rings is 2. The van der Waals surface area contributed by atoms with Gasteiger partial charge in [-0.15, -0.1) is 0 Å². The van der Waals surface area contributed by atoms with E-state index in [9.17, 15) is 9.59 Å². The van der Waals surface area contributed by atoms with Crippen molar-refractivity contribution >= 4 is 40.1 Å². The zero-order chi connectivity index (χ0) is 22.0. The lowest BCUT2D eigenvalue weighted by Gasteiger charge is -2.27. The molecule has 1 aliphatic rings. The highest BCUT2D eigenvalue weighted by molar-refractivity contribution is 6.32. The molecule has 3 heterocycles. The molecule has 31 heavy (non-hydrogen) atoms. The number of anilines is 1. The molecule has 0 fully saturated rings. The number of hydrogen-bond donors (Lipinski definition) is 2. The molecule has 4 rings (SSSR count). The number of nitrogens with one attached hydrogen (secondary N) is 2. The van der Waals surface area contributed by atoms with E-state index in [4.69, 9.17) is 11.6 Å². The Balaban J connectivity index is 1.74. The highest BCUT2D eigenvalue weighted by Crippen LogP contribution is 2.32. The average molecular weight is 438 g/mol. The molecule has 2 N–H and O–H groups in total. The first-order valence-electron chi connectivity index (χ1n) is 10.2. The van der Waals surface area contributed by atoms with Crippen LogP contribution in [0.1, 0.15) is 24.5 Å². The molecule has 2 unspecified atom stereocenters. The zero-order valence-electron chi connectivity index (χ0n) is 17.4. The SMILES string of the molecule is CNC(C)C(=O)NC1CCc2ccccc2N(Cc2c(Cl)cnc3ncccc23)C1=O. The number of para-hydroxylation sites is 1. The molecule has 2 aromatic heterocycles. The molecular formula is C23H24ClN5O2. The van der Waals surface area contributed by atoms with E-state index in [1.165, 1.54) is 0 Å². The van der Waals surface area contributed by atoms with Gasteiger partial charge in [0.25, 0.3) is 0 Å². The van der Waals surface area contributed by atoms with E-state index in [0.29, 0.717) is 23.5 Å². The number of carbonyl (C=O) groups excluding carboxylic acids is 2. The second kappa shape index (κ2) is 8.99. The molecule has 0 radical (unpaired) electrons. The smallest absolute Gasteiger partial charge is 0.249 e. The van der Waals surface area contributed by atoms with Gasteiger partial charge >= 0.3 is 0 Å². The minimum Gasteiger partial charge on any atom is -0.343 e. The molecule has 0 spiro atoms. The fourth-order valence-corrected chi connectivity index (χ4v) is 4.03. The molecule has 1 aliphatic heterocycles. The van der Waals surface area contributed by atoms with E-state index < -0.39 is 12.1 Å². The number of likely N-dealkylation sites (N-methyl/N-ethyl adjacent to an activating group) is 1. The second-order valence-corrected chi connectivity index (χ2v) is 8.03. The van der Waals surface area contributed by atoms with E-state index >= 15 is 0 Å². The molecule has 2 atom stereocenters. The van der Waals surface area contributed by atoms with Crippen LogP contribution in [0.15, 0.2) is 48.8 Å². The fourth-order valence-electron chi connectivity index (χ4n) is 3.82. The van der Waals surface area contributed by atoms with Crippen LogP contribution >= 0.6 is 11.6 Å². The molecule has 8 heteroatoms. The Labute approximate surface area is 185 Å². The molecule has 0 aliphatic carbocycles. The number of hydrogen-bond acceptors (Lipinski definition) is 5. The molecule has 0 bridgehead atoms. The number of halogens is 1. The molecule has 3 aromatic rings. The zero-order valence-corrected chi connectivity index (χ0v) is 18.2. The van der Waals surface area contributed by atoms with Crippen molar-refractivity contribution in [1.82, 2.24) is 20.6 Å². The van der Waals surface area contributed by atoms with Gasteiger partial charge in [-0.1, -0.05) is 29.8 Å². The maximum absolute atomic E-state index is 13.6. The minimum absolute atomic E-state index is 0.161. The number of nitrogens with zero attached hydrogens (tertiary/aromatic N) is 3. The van der Waals surface area contributed by atoms with Crippen LogP contribution in [-0.2, 0) is 22.6 Å². The van der Waals surface area contributed by atoms with Gasteiger partial charge in [-0.2, -0.15) is 0 Å².